The standard InChI is InChI=1S/C26H33ClN6O2/c1-8-23(34)33-13-16(14-33)31(6)25(35)24-15(2)28-22(32(24)7)10-9-20-17-11-18(26(3,4)5)19(27)12-21(17)30-29-20/h8,11-12,16H,1,9-10,13-14H2,2-7H3,(H,29,30). The summed E-state index contributed by atoms with van der Waals surface area (Å²) in [6, 6.07) is 4.03. The summed E-state index contributed by atoms with van der Waals surface area (Å²) >= 11 is 6.51. The van der Waals surface area contributed by atoms with Gasteiger partial charge in [0.2, 0.25) is 5.91 Å². The van der Waals surface area contributed by atoms with Gasteiger partial charge in [0.15, 0.2) is 0 Å². The van der Waals surface area contributed by atoms with Crippen molar-refractivity contribution in [1.29, 1.82) is 0 Å². The van der Waals surface area contributed by atoms with Crippen molar-refractivity contribution in [3.05, 3.63) is 58.3 Å². The Hall–Kier alpha value is -3.13. The number of halogens is 1. The van der Waals surface area contributed by atoms with Crippen LogP contribution in [0.25, 0.3) is 10.9 Å². The molecule has 2 amide bonds. The fourth-order valence-electron chi connectivity index (χ4n) is 4.64. The summed E-state index contributed by atoms with van der Waals surface area (Å²) < 4.78 is 1.88. The summed E-state index contributed by atoms with van der Waals surface area (Å²) in [5, 5.41) is 9.38. The average molecular weight is 497 g/mol. The van der Waals surface area contributed by atoms with E-state index in [-0.39, 0.29) is 23.3 Å². The van der Waals surface area contributed by atoms with Crippen LogP contribution in [0.4, 0.5) is 0 Å². The first-order valence-corrected chi connectivity index (χ1v) is 12.2. The van der Waals surface area contributed by atoms with Gasteiger partial charge in [0.1, 0.15) is 11.5 Å². The number of aromatic nitrogens is 4. The number of rotatable bonds is 6. The lowest BCUT2D eigenvalue weighted by atomic mass is 9.86. The third kappa shape index (κ3) is 4.59. The van der Waals surface area contributed by atoms with Crippen LogP contribution in [0.3, 0.4) is 0 Å². The Morgan fingerprint density at radius 3 is 2.60 bits per heavy atom. The molecule has 0 unspecified atom stereocenters. The van der Waals surface area contributed by atoms with Crippen molar-refractivity contribution in [2.24, 2.45) is 7.05 Å². The topological polar surface area (TPSA) is 87.1 Å². The quantitative estimate of drug-likeness (QED) is 0.526. The highest BCUT2D eigenvalue weighted by Gasteiger charge is 2.36. The minimum absolute atomic E-state index is 0.00987. The van der Waals surface area contributed by atoms with Gasteiger partial charge in [-0.2, -0.15) is 5.10 Å². The maximum atomic E-state index is 13.3. The zero-order valence-electron chi connectivity index (χ0n) is 21.3. The van der Waals surface area contributed by atoms with Crippen molar-refractivity contribution in [1.82, 2.24) is 29.5 Å². The van der Waals surface area contributed by atoms with E-state index in [0.29, 0.717) is 37.3 Å². The van der Waals surface area contributed by atoms with Gasteiger partial charge in [-0.25, -0.2) is 4.98 Å². The van der Waals surface area contributed by atoms with Gasteiger partial charge < -0.3 is 14.4 Å². The second kappa shape index (κ2) is 9.15. The summed E-state index contributed by atoms with van der Waals surface area (Å²) in [6.45, 7) is 12.8. The second-order valence-corrected chi connectivity index (χ2v) is 10.7. The van der Waals surface area contributed by atoms with Gasteiger partial charge in [-0.05, 0) is 42.5 Å². The number of benzene rings is 1. The van der Waals surface area contributed by atoms with Gasteiger partial charge >= 0.3 is 0 Å². The minimum atomic E-state index is -0.107. The van der Waals surface area contributed by atoms with E-state index < -0.39 is 0 Å². The molecule has 0 atom stereocenters. The number of fused-ring (bicyclic) bond motifs is 1. The number of likely N-dealkylation sites (N-methyl/N-ethyl adjacent to an activating group) is 1. The molecule has 1 N–H and O–H groups in total. The van der Waals surface area contributed by atoms with Gasteiger partial charge in [0.05, 0.1) is 17.3 Å². The second-order valence-electron chi connectivity index (χ2n) is 10.3. The zero-order valence-corrected chi connectivity index (χ0v) is 22.0. The van der Waals surface area contributed by atoms with Crippen LogP contribution in [0.2, 0.25) is 5.02 Å². The normalized spacial score (nSPS) is 14.3. The van der Waals surface area contributed by atoms with Crippen molar-refractivity contribution >= 4 is 34.3 Å². The molecule has 0 aliphatic carbocycles. The maximum absolute atomic E-state index is 13.3. The van der Waals surface area contributed by atoms with Crippen LogP contribution in [-0.4, -0.2) is 67.5 Å². The number of amides is 2. The molecule has 8 nitrogen and oxygen atoms in total. The smallest absolute Gasteiger partial charge is 0.272 e. The van der Waals surface area contributed by atoms with Crippen LogP contribution >= 0.6 is 11.6 Å². The first kappa shape index (κ1) is 25.0. The molecule has 1 aliphatic heterocycles. The Labute approximate surface area is 210 Å². The van der Waals surface area contributed by atoms with Crippen molar-refractivity contribution in [3.63, 3.8) is 0 Å². The number of nitrogens with one attached hydrogen (secondary N) is 1. The number of hydrogen-bond acceptors (Lipinski definition) is 4. The summed E-state index contributed by atoms with van der Waals surface area (Å²) in [4.78, 5) is 33.1. The predicted molar refractivity (Wildman–Crippen MR) is 138 cm³/mol. The zero-order chi connectivity index (χ0) is 25.7. The fraction of sp³-hybridized carbons (Fsp3) is 0.462. The summed E-state index contributed by atoms with van der Waals surface area (Å²) in [6.07, 6.45) is 2.66. The average Bonchev–Trinajstić information content (AvgIpc) is 3.27. The van der Waals surface area contributed by atoms with Crippen LogP contribution in [0.5, 0.6) is 0 Å². The van der Waals surface area contributed by atoms with Crippen molar-refractivity contribution in [2.45, 2.75) is 52.0 Å². The Kier molecular flexibility index (Phi) is 6.53. The van der Waals surface area contributed by atoms with Crippen molar-refractivity contribution < 1.29 is 9.59 Å². The number of imidazole rings is 1. The third-order valence-electron chi connectivity index (χ3n) is 6.91. The Bertz CT molecular complexity index is 1310. The molecule has 186 valence electrons. The number of carbonyl (C=O) groups excluding carboxylic acids is 2. The molecule has 2 aromatic heterocycles. The van der Waals surface area contributed by atoms with E-state index in [2.05, 4.69) is 43.6 Å². The molecule has 9 heteroatoms. The van der Waals surface area contributed by atoms with E-state index in [4.69, 9.17) is 16.6 Å². The SMILES string of the molecule is C=CC(=O)N1CC(N(C)C(=O)c2c(C)nc(CCc3[nH]nc4cc(Cl)c(C(C)(C)C)cc34)n2C)C1. The molecule has 35 heavy (non-hydrogen) atoms. The van der Waals surface area contributed by atoms with E-state index in [9.17, 15) is 9.59 Å². The number of carbonyl (C=O) groups is 2. The van der Waals surface area contributed by atoms with Crippen LogP contribution < -0.4 is 0 Å². The fourth-order valence-corrected chi connectivity index (χ4v) is 5.09. The van der Waals surface area contributed by atoms with Gasteiger partial charge in [0.25, 0.3) is 5.91 Å². The highest BCUT2D eigenvalue weighted by Crippen LogP contribution is 2.33. The molecule has 3 heterocycles. The molecule has 0 spiro atoms. The van der Waals surface area contributed by atoms with Crippen LogP contribution in [0.1, 0.15) is 54.0 Å². The van der Waals surface area contributed by atoms with Crippen molar-refractivity contribution in [2.75, 3.05) is 20.1 Å². The summed E-state index contributed by atoms with van der Waals surface area (Å²) in [7, 11) is 3.66. The first-order chi connectivity index (χ1) is 16.4. The van der Waals surface area contributed by atoms with Gasteiger partial charge in [-0.3, -0.25) is 14.7 Å². The lowest BCUT2D eigenvalue weighted by molar-refractivity contribution is -0.132. The van der Waals surface area contributed by atoms with Gasteiger partial charge in [0, 0.05) is 49.7 Å². The number of aryl methyl sites for hydroxylation is 3. The predicted octanol–water partition coefficient (Wildman–Crippen LogP) is 3.81. The number of likely N-dealkylation sites (tertiary alicyclic amines) is 1. The van der Waals surface area contributed by atoms with E-state index >= 15 is 0 Å². The molecule has 3 aromatic rings. The van der Waals surface area contributed by atoms with E-state index in [1.54, 1.807) is 16.8 Å². The molecular formula is C26H33ClN6O2. The molecule has 1 aliphatic rings. The number of nitrogens with zero attached hydrogens (tertiary/aromatic N) is 5. The molecule has 0 radical (unpaired) electrons. The number of aromatic amines is 1. The third-order valence-corrected chi connectivity index (χ3v) is 7.22. The lowest BCUT2D eigenvalue weighted by Crippen LogP contribution is -2.61. The molecular weight excluding hydrogens is 464 g/mol. The first-order valence-electron chi connectivity index (χ1n) is 11.8. The van der Waals surface area contributed by atoms with Crippen LogP contribution in [-0.2, 0) is 30.1 Å². The number of H-pyrrole nitrogens is 1. The minimum Gasteiger partial charge on any atom is -0.335 e. The Balaban J connectivity index is 1.50. The van der Waals surface area contributed by atoms with E-state index in [0.717, 1.165) is 33.0 Å². The van der Waals surface area contributed by atoms with E-state index in [1.165, 1.54) is 6.08 Å². The molecule has 1 saturated heterocycles. The largest absolute Gasteiger partial charge is 0.335 e. The molecule has 1 fully saturated rings. The molecule has 4 rings (SSSR count). The highest BCUT2D eigenvalue weighted by molar-refractivity contribution is 6.32. The van der Waals surface area contributed by atoms with Crippen LogP contribution in [0.15, 0.2) is 24.8 Å². The molecule has 0 saturated carbocycles. The molecule has 1 aromatic carbocycles. The Morgan fingerprint density at radius 2 is 1.97 bits per heavy atom. The highest BCUT2D eigenvalue weighted by atomic mass is 35.5. The van der Waals surface area contributed by atoms with Crippen molar-refractivity contribution in [3.8, 4) is 0 Å². The van der Waals surface area contributed by atoms with Gasteiger partial charge in [-0.15, -0.1) is 0 Å². The molecule has 0 bridgehead atoms. The monoisotopic (exact) mass is 496 g/mol. The van der Waals surface area contributed by atoms with Gasteiger partial charge in [-0.1, -0.05) is 39.0 Å². The number of hydrogen-bond donors (Lipinski definition) is 1. The summed E-state index contributed by atoms with van der Waals surface area (Å²) in [5.74, 6) is 0.643. The van der Waals surface area contributed by atoms with Crippen LogP contribution in [0, 0.1) is 6.92 Å². The maximum Gasteiger partial charge on any atom is 0.272 e. The van der Waals surface area contributed by atoms with E-state index in [1.807, 2.05) is 24.6 Å². The Morgan fingerprint density at radius 1 is 1.29 bits per heavy atom. The summed E-state index contributed by atoms with van der Waals surface area (Å²) in [5.41, 5.74) is 4.16. The lowest BCUT2D eigenvalue weighted by Gasteiger charge is -2.43.